The lowest BCUT2D eigenvalue weighted by molar-refractivity contribution is -0.114. The summed E-state index contributed by atoms with van der Waals surface area (Å²) in [7, 11) is 0. The molecule has 38 heavy (non-hydrogen) atoms. The molecule has 0 spiro atoms. The number of thioether (sulfide) groups is 2. The van der Waals surface area contributed by atoms with Crippen LogP contribution in [0.25, 0.3) is 32.8 Å². The van der Waals surface area contributed by atoms with Crippen LogP contribution in [0, 0.1) is 0 Å². The van der Waals surface area contributed by atoms with Crippen LogP contribution in [0.3, 0.4) is 0 Å². The van der Waals surface area contributed by atoms with Crippen LogP contribution in [0.2, 0.25) is 0 Å². The van der Waals surface area contributed by atoms with Crippen LogP contribution in [-0.4, -0.2) is 43.3 Å². The maximum absolute atomic E-state index is 12.6. The average Bonchev–Trinajstić information content (AvgIpc) is 3.54. The normalized spacial score (nSPS) is 11.3. The lowest BCUT2D eigenvalue weighted by Gasteiger charge is -2.09. The van der Waals surface area contributed by atoms with Gasteiger partial charge in [-0.2, -0.15) is 0 Å². The molecule has 0 atom stereocenters. The number of amides is 2. The molecule has 2 aromatic heterocycles. The summed E-state index contributed by atoms with van der Waals surface area (Å²) in [6.07, 6.45) is 0. The van der Waals surface area contributed by atoms with E-state index in [2.05, 4.69) is 30.6 Å². The summed E-state index contributed by atoms with van der Waals surface area (Å²) in [6.45, 7) is 0. The molecule has 8 nitrogen and oxygen atoms in total. The van der Waals surface area contributed by atoms with E-state index in [-0.39, 0.29) is 23.3 Å². The van der Waals surface area contributed by atoms with Gasteiger partial charge in [-0.25, -0.2) is 9.97 Å². The lowest BCUT2D eigenvalue weighted by Crippen LogP contribution is -2.14. The topological polar surface area (TPSA) is 116 Å². The molecule has 2 amide bonds. The lowest BCUT2D eigenvalue weighted by atomic mass is 10.1. The molecular weight excluding hydrogens is 516 g/mol. The van der Waals surface area contributed by atoms with Crippen molar-refractivity contribution < 1.29 is 9.59 Å². The smallest absolute Gasteiger partial charge is 0.234 e. The summed E-state index contributed by atoms with van der Waals surface area (Å²) < 4.78 is 0. The van der Waals surface area contributed by atoms with Gasteiger partial charge in [0.2, 0.25) is 11.8 Å². The number of carbonyl (C=O) groups excluding carboxylic acids is 2. The van der Waals surface area contributed by atoms with Crippen molar-refractivity contribution in [1.82, 2.24) is 19.9 Å². The number of H-pyrrole nitrogens is 2. The van der Waals surface area contributed by atoms with Crippen molar-refractivity contribution in [2.75, 3.05) is 22.1 Å². The standard InChI is InChI=1S/C28H22N6O2S2/c35-25(15-37-27-31-21-5-1-2-6-22(21)32-27)29-19-11-9-17-10-12-20(14-18(17)13-19)30-26(36)16-38-28-33-23-7-3-4-8-24(23)34-28/h1-14H,15-16H2,(H,29,35)(H,30,36)(H,31,32)(H,33,34). The van der Waals surface area contributed by atoms with Crippen molar-refractivity contribution in [2.24, 2.45) is 0 Å². The van der Waals surface area contributed by atoms with Crippen LogP contribution < -0.4 is 10.6 Å². The van der Waals surface area contributed by atoms with E-state index in [0.29, 0.717) is 21.7 Å². The number of carbonyl (C=O) groups is 2. The Kier molecular flexibility index (Phi) is 6.72. The number of aromatic amines is 2. The Balaban J connectivity index is 1.06. The summed E-state index contributed by atoms with van der Waals surface area (Å²) in [5.74, 6) is 0.219. The van der Waals surface area contributed by atoms with Gasteiger partial charge in [0, 0.05) is 11.4 Å². The second kappa shape index (κ2) is 10.6. The molecule has 0 fully saturated rings. The molecule has 0 radical (unpaired) electrons. The van der Waals surface area contributed by atoms with Crippen molar-refractivity contribution >= 4 is 79.6 Å². The Morgan fingerprint density at radius 3 is 1.58 bits per heavy atom. The van der Waals surface area contributed by atoms with Crippen molar-refractivity contribution in [2.45, 2.75) is 10.3 Å². The summed E-state index contributed by atoms with van der Waals surface area (Å²) in [6, 6.07) is 27.0. The van der Waals surface area contributed by atoms with E-state index in [1.54, 1.807) is 0 Å². The third kappa shape index (κ3) is 5.51. The van der Waals surface area contributed by atoms with Crippen LogP contribution in [0.5, 0.6) is 0 Å². The Bertz CT molecular complexity index is 1600. The number of fused-ring (bicyclic) bond motifs is 3. The zero-order chi connectivity index (χ0) is 25.9. The Hall–Kier alpha value is -4.28. The third-order valence-electron chi connectivity index (χ3n) is 5.82. The van der Waals surface area contributed by atoms with E-state index < -0.39 is 0 Å². The number of para-hydroxylation sites is 4. The number of aromatic nitrogens is 4. The predicted molar refractivity (Wildman–Crippen MR) is 155 cm³/mol. The average molecular weight is 539 g/mol. The number of nitrogens with zero attached hydrogens (tertiary/aromatic N) is 2. The zero-order valence-corrected chi connectivity index (χ0v) is 21.7. The summed E-state index contributed by atoms with van der Waals surface area (Å²) in [5, 5.41) is 9.23. The molecule has 0 saturated carbocycles. The zero-order valence-electron chi connectivity index (χ0n) is 20.0. The number of hydrogen-bond acceptors (Lipinski definition) is 6. The van der Waals surface area contributed by atoms with Crippen LogP contribution in [0.4, 0.5) is 11.4 Å². The monoisotopic (exact) mass is 538 g/mol. The fourth-order valence-corrected chi connectivity index (χ4v) is 5.43. The molecule has 4 N–H and O–H groups in total. The van der Waals surface area contributed by atoms with Crippen molar-refractivity contribution in [3.63, 3.8) is 0 Å². The first-order chi connectivity index (χ1) is 18.6. The Labute approximate surface area is 226 Å². The maximum Gasteiger partial charge on any atom is 0.234 e. The number of rotatable bonds is 8. The van der Waals surface area contributed by atoms with Gasteiger partial charge >= 0.3 is 0 Å². The van der Waals surface area contributed by atoms with Crippen molar-refractivity contribution in [1.29, 1.82) is 0 Å². The number of anilines is 2. The fraction of sp³-hybridized carbons (Fsp3) is 0.0714. The molecule has 6 aromatic rings. The quantitative estimate of drug-likeness (QED) is 0.175. The van der Waals surface area contributed by atoms with Gasteiger partial charge in [-0.15, -0.1) is 0 Å². The van der Waals surface area contributed by atoms with Gasteiger partial charge in [-0.05, 0) is 59.3 Å². The van der Waals surface area contributed by atoms with Crippen molar-refractivity contribution in [3.05, 3.63) is 84.9 Å². The SMILES string of the molecule is O=C(CSc1nc2ccccc2[nH]1)Nc1ccc2ccc(NC(=O)CSc3nc4ccccc4[nH]3)cc2c1. The minimum Gasteiger partial charge on any atom is -0.333 e. The van der Waals surface area contributed by atoms with Crippen LogP contribution >= 0.6 is 23.5 Å². The van der Waals surface area contributed by atoms with Crippen molar-refractivity contribution in [3.8, 4) is 0 Å². The highest BCUT2D eigenvalue weighted by Gasteiger charge is 2.10. The fourth-order valence-electron chi connectivity index (χ4n) is 4.06. The number of imidazole rings is 2. The summed E-state index contributed by atoms with van der Waals surface area (Å²) >= 11 is 2.71. The Morgan fingerprint density at radius 2 is 1.11 bits per heavy atom. The van der Waals surface area contributed by atoms with Gasteiger partial charge < -0.3 is 20.6 Å². The van der Waals surface area contributed by atoms with E-state index in [4.69, 9.17) is 0 Å². The van der Waals surface area contributed by atoms with Gasteiger partial charge in [0.1, 0.15) is 0 Å². The van der Waals surface area contributed by atoms with E-state index in [9.17, 15) is 9.59 Å². The van der Waals surface area contributed by atoms with E-state index in [1.165, 1.54) is 23.5 Å². The van der Waals surface area contributed by atoms with E-state index >= 15 is 0 Å². The van der Waals surface area contributed by atoms with Crippen LogP contribution in [0.1, 0.15) is 0 Å². The maximum atomic E-state index is 12.6. The van der Waals surface area contributed by atoms with Gasteiger partial charge in [0.05, 0.1) is 33.6 Å². The van der Waals surface area contributed by atoms with E-state index in [0.717, 1.165) is 32.8 Å². The van der Waals surface area contributed by atoms with Gasteiger partial charge in [0.15, 0.2) is 10.3 Å². The van der Waals surface area contributed by atoms with Crippen LogP contribution in [0.15, 0.2) is 95.2 Å². The first kappa shape index (κ1) is 24.1. The number of benzene rings is 4. The molecule has 10 heteroatoms. The molecule has 0 aliphatic rings. The molecule has 0 aliphatic heterocycles. The first-order valence-corrected chi connectivity index (χ1v) is 13.8. The molecule has 188 valence electrons. The molecule has 0 aliphatic carbocycles. The summed E-state index contributed by atoms with van der Waals surface area (Å²) in [4.78, 5) is 40.5. The number of nitrogens with one attached hydrogen (secondary N) is 4. The van der Waals surface area contributed by atoms with Gasteiger partial charge in [-0.3, -0.25) is 9.59 Å². The van der Waals surface area contributed by atoms with Crippen LogP contribution in [-0.2, 0) is 9.59 Å². The van der Waals surface area contributed by atoms with Gasteiger partial charge in [-0.1, -0.05) is 59.9 Å². The second-order valence-corrected chi connectivity index (χ2v) is 10.5. The largest absolute Gasteiger partial charge is 0.333 e. The molecule has 2 heterocycles. The second-order valence-electron chi connectivity index (χ2n) is 8.57. The minimum absolute atomic E-state index is 0.123. The number of hydrogen-bond donors (Lipinski definition) is 4. The third-order valence-corrected chi connectivity index (χ3v) is 7.57. The summed E-state index contributed by atoms with van der Waals surface area (Å²) in [5.41, 5.74) is 5.03. The molecule has 4 aromatic carbocycles. The first-order valence-electron chi connectivity index (χ1n) is 11.9. The molecule has 6 rings (SSSR count). The Morgan fingerprint density at radius 1 is 0.632 bits per heavy atom. The van der Waals surface area contributed by atoms with Gasteiger partial charge in [0.25, 0.3) is 0 Å². The molecule has 0 saturated heterocycles. The predicted octanol–water partition coefficient (Wildman–Crippen LogP) is 6.05. The highest BCUT2D eigenvalue weighted by Crippen LogP contribution is 2.25. The molecule has 0 bridgehead atoms. The highest BCUT2D eigenvalue weighted by atomic mass is 32.2. The minimum atomic E-state index is -0.123. The molecule has 0 unspecified atom stereocenters. The highest BCUT2D eigenvalue weighted by molar-refractivity contribution is 8.00. The molecular formula is C28H22N6O2S2. The van der Waals surface area contributed by atoms with E-state index in [1.807, 2.05) is 84.9 Å².